The van der Waals surface area contributed by atoms with Crippen LogP contribution in [0.4, 0.5) is 0 Å². The van der Waals surface area contributed by atoms with Crippen LogP contribution in [-0.2, 0) is 14.8 Å². The molecule has 2 N–H and O–H groups in total. The number of aliphatic hydroxyl groups is 2. The molecule has 0 spiro atoms. The predicted octanol–water partition coefficient (Wildman–Crippen LogP) is -0.342. The number of methoxy groups -OCH3 is 1. The molecular weight excluding hydrogens is 294 g/mol. The molecule has 0 saturated carbocycles. The molecule has 1 atom stereocenters. The zero-order valence-electron chi connectivity index (χ0n) is 12.0. The number of hydrogen-bond acceptors (Lipinski definition) is 5. The minimum Gasteiger partial charge on any atom is -0.389 e. The van der Waals surface area contributed by atoms with Crippen molar-refractivity contribution in [1.82, 2.24) is 4.31 Å². The summed E-state index contributed by atoms with van der Waals surface area (Å²) in [6.45, 7) is -0.388. The summed E-state index contributed by atoms with van der Waals surface area (Å²) in [7, 11) is -0.972. The first kappa shape index (κ1) is 17.6. The van der Waals surface area contributed by atoms with Gasteiger partial charge in [-0.25, -0.2) is 8.42 Å². The fourth-order valence-electron chi connectivity index (χ4n) is 1.74. The van der Waals surface area contributed by atoms with Gasteiger partial charge in [0.05, 0.1) is 17.6 Å². The molecule has 1 unspecified atom stereocenters. The van der Waals surface area contributed by atoms with Gasteiger partial charge in [0.15, 0.2) is 0 Å². The Bertz CT molecular complexity index is 618. The van der Waals surface area contributed by atoms with Gasteiger partial charge in [0.25, 0.3) is 0 Å². The Labute approximate surface area is 125 Å². The Balaban J connectivity index is 3.07. The highest BCUT2D eigenvalue weighted by atomic mass is 32.2. The van der Waals surface area contributed by atoms with E-state index >= 15 is 0 Å². The first-order valence-corrected chi connectivity index (χ1v) is 7.69. The molecule has 0 fully saturated rings. The topological polar surface area (TPSA) is 87.1 Å². The number of hydrogen-bond donors (Lipinski definition) is 2. The monoisotopic (exact) mass is 313 g/mol. The lowest BCUT2D eigenvalue weighted by molar-refractivity contribution is 0.0554. The Morgan fingerprint density at radius 3 is 2.67 bits per heavy atom. The van der Waals surface area contributed by atoms with Crippen LogP contribution in [0.3, 0.4) is 0 Å². The third kappa shape index (κ3) is 4.81. The van der Waals surface area contributed by atoms with Crippen LogP contribution in [0.25, 0.3) is 0 Å². The van der Waals surface area contributed by atoms with Crippen LogP contribution in [0.2, 0.25) is 0 Å². The summed E-state index contributed by atoms with van der Waals surface area (Å²) in [5, 5.41) is 18.4. The van der Waals surface area contributed by atoms with Crippen LogP contribution in [0.5, 0.6) is 0 Å². The smallest absolute Gasteiger partial charge is 0.244 e. The standard InChI is InChI=1S/C14H19NO5S/c1-15(10-13(17)11-20-2)21(18,19)14-8-4-3-6-12(14)7-5-9-16/h3-4,6,8,13,16-17H,9-11H2,1-2H3. The maximum atomic E-state index is 12.5. The molecule has 1 rings (SSSR count). The molecule has 6 nitrogen and oxygen atoms in total. The van der Waals surface area contributed by atoms with Crippen molar-refractivity contribution >= 4 is 10.0 Å². The van der Waals surface area contributed by atoms with Crippen molar-refractivity contribution in [2.24, 2.45) is 0 Å². The maximum absolute atomic E-state index is 12.5. The highest BCUT2D eigenvalue weighted by molar-refractivity contribution is 7.89. The molecule has 0 bridgehead atoms. The molecule has 0 aliphatic rings. The van der Waals surface area contributed by atoms with Gasteiger partial charge in [0, 0.05) is 26.3 Å². The van der Waals surface area contributed by atoms with E-state index in [0.29, 0.717) is 5.56 Å². The molecule has 0 heterocycles. The van der Waals surface area contributed by atoms with Crippen LogP contribution in [-0.4, -0.2) is 63.0 Å². The molecule has 21 heavy (non-hydrogen) atoms. The summed E-state index contributed by atoms with van der Waals surface area (Å²) in [6.07, 6.45) is -0.912. The Morgan fingerprint density at radius 1 is 1.38 bits per heavy atom. The zero-order valence-corrected chi connectivity index (χ0v) is 12.8. The minimum absolute atomic E-state index is 0.0399. The fraction of sp³-hybridized carbons (Fsp3) is 0.429. The summed E-state index contributed by atoms with van der Waals surface area (Å²) >= 11 is 0. The number of ether oxygens (including phenoxy) is 1. The van der Waals surface area contributed by atoms with E-state index in [-0.39, 0.29) is 24.7 Å². The van der Waals surface area contributed by atoms with Crippen LogP contribution < -0.4 is 0 Å². The van der Waals surface area contributed by atoms with E-state index in [9.17, 15) is 13.5 Å². The van der Waals surface area contributed by atoms with Gasteiger partial charge in [-0.3, -0.25) is 0 Å². The third-order valence-corrected chi connectivity index (χ3v) is 4.59. The second-order valence-electron chi connectivity index (χ2n) is 4.35. The van der Waals surface area contributed by atoms with Crippen molar-refractivity contribution in [3.8, 4) is 11.8 Å². The minimum atomic E-state index is -3.78. The molecule has 0 aliphatic heterocycles. The molecule has 1 aromatic carbocycles. The predicted molar refractivity (Wildman–Crippen MR) is 78.1 cm³/mol. The molecule has 0 radical (unpaired) electrons. The summed E-state index contributed by atoms with van der Waals surface area (Å²) in [6, 6.07) is 6.27. The van der Waals surface area contributed by atoms with E-state index in [0.717, 1.165) is 4.31 Å². The molecule has 0 saturated heterocycles. The molecular formula is C14H19NO5S. The quantitative estimate of drug-likeness (QED) is 0.702. The summed E-state index contributed by atoms with van der Waals surface area (Å²) < 4.78 is 30.8. The van der Waals surface area contributed by atoms with Crippen LogP contribution in [0.1, 0.15) is 5.56 Å². The van der Waals surface area contributed by atoms with E-state index in [1.54, 1.807) is 18.2 Å². The number of sulfonamides is 1. The lowest BCUT2D eigenvalue weighted by Crippen LogP contribution is -2.36. The third-order valence-electron chi connectivity index (χ3n) is 2.70. The Hall–Kier alpha value is -1.43. The Morgan fingerprint density at radius 2 is 2.05 bits per heavy atom. The van der Waals surface area contributed by atoms with Gasteiger partial charge < -0.3 is 14.9 Å². The van der Waals surface area contributed by atoms with Crippen LogP contribution in [0.15, 0.2) is 29.2 Å². The lowest BCUT2D eigenvalue weighted by atomic mass is 10.2. The lowest BCUT2D eigenvalue weighted by Gasteiger charge is -2.20. The van der Waals surface area contributed by atoms with Crippen molar-refractivity contribution in [2.75, 3.05) is 33.9 Å². The van der Waals surface area contributed by atoms with Gasteiger partial charge in [-0.1, -0.05) is 24.0 Å². The maximum Gasteiger partial charge on any atom is 0.244 e. The van der Waals surface area contributed by atoms with Gasteiger partial charge >= 0.3 is 0 Å². The van der Waals surface area contributed by atoms with E-state index in [1.807, 2.05) is 0 Å². The van der Waals surface area contributed by atoms with Gasteiger partial charge in [-0.05, 0) is 12.1 Å². The van der Waals surface area contributed by atoms with E-state index in [4.69, 9.17) is 9.84 Å². The summed E-state index contributed by atoms with van der Waals surface area (Å²) in [5.74, 6) is 5.04. The largest absolute Gasteiger partial charge is 0.389 e. The van der Waals surface area contributed by atoms with Gasteiger partial charge in [0.2, 0.25) is 10.0 Å². The normalized spacial score (nSPS) is 12.8. The van der Waals surface area contributed by atoms with E-state index in [1.165, 1.54) is 20.2 Å². The van der Waals surface area contributed by atoms with Crippen LogP contribution in [0, 0.1) is 11.8 Å². The molecule has 0 aromatic heterocycles. The zero-order chi connectivity index (χ0) is 15.9. The highest BCUT2D eigenvalue weighted by Crippen LogP contribution is 2.18. The number of nitrogens with zero attached hydrogens (tertiary/aromatic N) is 1. The number of aliphatic hydroxyl groups excluding tert-OH is 2. The second-order valence-corrected chi connectivity index (χ2v) is 6.36. The van der Waals surface area contributed by atoms with Gasteiger partial charge in [-0.2, -0.15) is 4.31 Å². The van der Waals surface area contributed by atoms with Crippen molar-refractivity contribution in [1.29, 1.82) is 0 Å². The highest BCUT2D eigenvalue weighted by Gasteiger charge is 2.25. The number of rotatable bonds is 6. The van der Waals surface area contributed by atoms with E-state index < -0.39 is 16.1 Å². The number of likely N-dealkylation sites (N-methyl/N-ethyl adjacent to an activating group) is 1. The average Bonchev–Trinajstić information content (AvgIpc) is 2.45. The average molecular weight is 313 g/mol. The number of benzene rings is 1. The van der Waals surface area contributed by atoms with Crippen molar-refractivity contribution in [3.63, 3.8) is 0 Å². The van der Waals surface area contributed by atoms with Crippen molar-refractivity contribution in [2.45, 2.75) is 11.0 Å². The van der Waals surface area contributed by atoms with Crippen molar-refractivity contribution in [3.05, 3.63) is 29.8 Å². The molecule has 0 amide bonds. The summed E-state index contributed by atoms with van der Waals surface area (Å²) in [5.41, 5.74) is 0.305. The van der Waals surface area contributed by atoms with Gasteiger partial charge in [0.1, 0.15) is 6.61 Å². The molecule has 116 valence electrons. The fourth-order valence-corrected chi connectivity index (χ4v) is 3.09. The second kappa shape index (κ2) is 8.12. The summed E-state index contributed by atoms with van der Waals surface area (Å²) in [4.78, 5) is 0.0399. The van der Waals surface area contributed by atoms with Crippen LogP contribution >= 0.6 is 0 Å². The first-order chi connectivity index (χ1) is 9.93. The molecule has 0 aliphatic carbocycles. The molecule has 7 heteroatoms. The van der Waals surface area contributed by atoms with Gasteiger partial charge in [-0.15, -0.1) is 0 Å². The SMILES string of the molecule is COCC(O)CN(C)S(=O)(=O)c1ccccc1C#CCO. The van der Waals surface area contributed by atoms with Crippen molar-refractivity contribution < 1.29 is 23.4 Å². The first-order valence-electron chi connectivity index (χ1n) is 6.25. The van der Waals surface area contributed by atoms with E-state index in [2.05, 4.69) is 11.8 Å². The Kier molecular flexibility index (Phi) is 6.81. The molecule has 1 aromatic rings.